The summed E-state index contributed by atoms with van der Waals surface area (Å²) in [7, 11) is 0. The molecule has 0 saturated heterocycles. The number of carbonyl (C=O) groups excluding carboxylic acids is 2. The third kappa shape index (κ3) is 3.60. The van der Waals surface area contributed by atoms with Crippen molar-refractivity contribution in [3.05, 3.63) is 59.9 Å². The summed E-state index contributed by atoms with van der Waals surface area (Å²) >= 11 is 0. The normalized spacial score (nSPS) is 17.0. The van der Waals surface area contributed by atoms with Crippen LogP contribution in [0.5, 0.6) is 0 Å². The fourth-order valence-corrected chi connectivity index (χ4v) is 2.34. The molecule has 2 heterocycles. The number of para-hydroxylation sites is 1. The summed E-state index contributed by atoms with van der Waals surface area (Å²) < 4.78 is 0. The molecule has 0 saturated carbocycles. The van der Waals surface area contributed by atoms with Crippen LogP contribution in [-0.2, 0) is 4.79 Å². The first kappa shape index (κ1) is 16.5. The lowest BCUT2D eigenvalue weighted by Crippen LogP contribution is -2.29. The van der Waals surface area contributed by atoms with Crippen LogP contribution in [0.25, 0.3) is 0 Å². The largest absolute Gasteiger partial charge is 0.272 e. The second-order valence-electron chi connectivity index (χ2n) is 5.61. The Bertz CT molecular complexity index is 844. The fraction of sp³-hybridized carbons (Fsp3) is 0.167. The minimum absolute atomic E-state index is 0.210. The highest BCUT2D eigenvalue weighted by Gasteiger charge is 2.33. The number of hydrogen-bond acceptors (Lipinski definition) is 5. The van der Waals surface area contributed by atoms with E-state index in [1.165, 1.54) is 17.4 Å². The summed E-state index contributed by atoms with van der Waals surface area (Å²) in [5.41, 5.74) is 4.94. The van der Waals surface area contributed by atoms with Gasteiger partial charge in [-0.25, -0.2) is 5.43 Å². The summed E-state index contributed by atoms with van der Waals surface area (Å²) in [5, 5.41) is 9.52. The molecule has 2 amide bonds. The molecule has 7 nitrogen and oxygen atoms in total. The van der Waals surface area contributed by atoms with Gasteiger partial charge in [0.2, 0.25) is 0 Å². The van der Waals surface area contributed by atoms with E-state index in [2.05, 4.69) is 20.6 Å². The molecule has 1 aliphatic rings. The van der Waals surface area contributed by atoms with Crippen molar-refractivity contribution in [2.24, 2.45) is 16.1 Å². The van der Waals surface area contributed by atoms with Crippen molar-refractivity contribution in [1.29, 1.82) is 0 Å². The number of rotatable bonds is 4. The molecule has 0 radical (unpaired) electrons. The molecule has 2 aromatic rings. The molecule has 1 aromatic carbocycles. The fourth-order valence-electron chi connectivity index (χ4n) is 2.34. The van der Waals surface area contributed by atoms with Gasteiger partial charge in [0.25, 0.3) is 11.8 Å². The van der Waals surface area contributed by atoms with Crippen molar-refractivity contribution in [2.45, 2.75) is 13.8 Å². The van der Waals surface area contributed by atoms with Crippen LogP contribution < -0.4 is 10.4 Å². The molecule has 0 aliphatic carbocycles. The van der Waals surface area contributed by atoms with Crippen LogP contribution in [0.3, 0.4) is 0 Å². The molecule has 25 heavy (non-hydrogen) atoms. The second kappa shape index (κ2) is 7.04. The van der Waals surface area contributed by atoms with Gasteiger partial charge in [0.15, 0.2) is 0 Å². The molecule has 1 N–H and O–H groups in total. The number of aryl methyl sites for hydroxylation is 1. The first-order valence-corrected chi connectivity index (χ1v) is 7.76. The number of amides is 2. The number of nitrogens with zero attached hydrogens (tertiary/aromatic N) is 4. The first-order chi connectivity index (χ1) is 12.1. The molecule has 1 aliphatic heterocycles. The number of hydrogen-bond donors (Lipinski definition) is 1. The third-order valence-corrected chi connectivity index (χ3v) is 3.75. The minimum atomic E-state index is -0.600. The Hall–Kier alpha value is -3.35. The van der Waals surface area contributed by atoms with Gasteiger partial charge in [-0.3, -0.25) is 14.6 Å². The standard InChI is InChI=1S/C18H17N5O2/c1-12-8-9-14(10-19-12)17(24)21-20-11-16-13(2)22-23(18(16)25)15-6-4-3-5-7-15/h3-11,16H,1-2H3,(H,21,24)/b20-11-/t16-/m1/s1. The number of nitrogens with one attached hydrogen (secondary N) is 1. The smallest absolute Gasteiger partial charge is 0.271 e. The monoisotopic (exact) mass is 335 g/mol. The molecule has 1 aromatic heterocycles. The van der Waals surface area contributed by atoms with Gasteiger partial charge < -0.3 is 0 Å². The Labute approximate surface area is 145 Å². The third-order valence-electron chi connectivity index (χ3n) is 3.75. The first-order valence-electron chi connectivity index (χ1n) is 7.76. The maximum absolute atomic E-state index is 12.5. The van der Waals surface area contributed by atoms with Crippen LogP contribution >= 0.6 is 0 Å². The zero-order valence-corrected chi connectivity index (χ0v) is 13.9. The van der Waals surface area contributed by atoms with E-state index in [4.69, 9.17) is 0 Å². The zero-order chi connectivity index (χ0) is 17.8. The Balaban J connectivity index is 1.66. The topological polar surface area (TPSA) is 87.0 Å². The predicted octanol–water partition coefficient (Wildman–Crippen LogP) is 2.14. The summed E-state index contributed by atoms with van der Waals surface area (Å²) in [6.07, 6.45) is 2.87. The Morgan fingerprint density at radius 3 is 2.64 bits per heavy atom. The van der Waals surface area contributed by atoms with Crippen LogP contribution in [0, 0.1) is 12.8 Å². The molecular formula is C18H17N5O2. The van der Waals surface area contributed by atoms with E-state index in [0.29, 0.717) is 17.0 Å². The molecule has 0 fully saturated rings. The predicted molar refractivity (Wildman–Crippen MR) is 95.5 cm³/mol. The van der Waals surface area contributed by atoms with Crippen LogP contribution in [0.1, 0.15) is 23.0 Å². The summed E-state index contributed by atoms with van der Waals surface area (Å²) in [6, 6.07) is 12.6. The molecule has 126 valence electrons. The van der Waals surface area contributed by atoms with Gasteiger partial charge >= 0.3 is 0 Å². The van der Waals surface area contributed by atoms with Crippen molar-refractivity contribution >= 4 is 29.4 Å². The van der Waals surface area contributed by atoms with Gasteiger partial charge in [-0.15, -0.1) is 0 Å². The lowest BCUT2D eigenvalue weighted by atomic mass is 10.1. The van der Waals surface area contributed by atoms with Gasteiger partial charge in [-0.05, 0) is 38.1 Å². The number of aromatic nitrogens is 1. The molecule has 0 bridgehead atoms. The summed E-state index contributed by atoms with van der Waals surface area (Å²) in [5.74, 6) is -1.20. The van der Waals surface area contributed by atoms with Gasteiger partial charge in [0.05, 0.1) is 17.0 Å². The van der Waals surface area contributed by atoms with E-state index in [-0.39, 0.29) is 11.8 Å². The zero-order valence-electron chi connectivity index (χ0n) is 13.9. The van der Waals surface area contributed by atoms with Crippen LogP contribution in [-0.4, -0.2) is 28.7 Å². The van der Waals surface area contributed by atoms with E-state index in [1.807, 2.05) is 25.1 Å². The van der Waals surface area contributed by atoms with Gasteiger partial charge in [0, 0.05) is 18.1 Å². The summed E-state index contributed by atoms with van der Waals surface area (Å²) in [6.45, 7) is 3.59. The molecule has 0 spiro atoms. The maximum atomic E-state index is 12.5. The number of benzene rings is 1. The Morgan fingerprint density at radius 1 is 1.20 bits per heavy atom. The average Bonchev–Trinajstić information content (AvgIpc) is 2.91. The highest BCUT2D eigenvalue weighted by molar-refractivity contribution is 6.23. The van der Waals surface area contributed by atoms with E-state index < -0.39 is 5.92 Å². The molecule has 3 rings (SSSR count). The van der Waals surface area contributed by atoms with Gasteiger partial charge in [-0.2, -0.15) is 15.2 Å². The van der Waals surface area contributed by atoms with E-state index in [1.54, 1.807) is 31.2 Å². The molecule has 0 unspecified atom stereocenters. The van der Waals surface area contributed by atoms with Crippen molar-refractivity contribution in [1.82, 2.24) is 10.4 Å². The Morgan fingerprint density at radius 2 is 1.96 bits per heavy atom. The van der Waals surface area contributed by atoms with Crippen molar-refractivity contribution < 1.29 is 9.59 Å². The number of hydrazone groups is 2. The van der Waals surface area contributed by atoms with Crippen LogP contribution in [0.2, 0.25) is 0 Å². The summed E-state index contributed by atoms with van der Waals surface area (Å²) in [4.78, 5) is 28.5. The van der Waals surface area contributed by atoms with Crippen molar-refractivity contribution in [3.8, 4) is 0 Å². The SMILES string of the molecule is CC1=NN(c2ccccc2)C(=O)[C@@H]1/C=N\NC(=O)c1ccc(C)nc1. The maximum Gasteiger partial charge on any atom is 0.272 e. The highest BCUT2D eigenvalue weighted by Crippen LogP contribution is 2.22. The highest BCUT2D eigenvalue weighted by atomic mass is 16.2. The lowest BCUT2D eigenvalue weighted by Gasteiger charge is -2.12. The molecular weight excluding hydrogens is 318 g/mol. The average molecular weight is 335 g/mol. The number of carbonyl (C=O) groups is 2. The van der Waals surface area contributed by atoms with Gasteiger partial charge in [-0.1, -0.05) is 18.2 Å². The Kier molecular flexibility index (Phi) is 4.65. The molecule has 1 atom stereocenters. The van der Waals surface area contributed by atoms with Crippen LogP contribution in [0.15, 0.2) is 58.9 Å². The van der Waals surface area contributed by atoms with Crippen molar-refractivity contribution in [3.63, 3.8) is 0 Å². The second-order valence-corrected chi connectivity index (χ2v) is 5.61. The number of pyridine rings is 1. The lowest BCUT2D eigenvalue weighted by molar-refractivity contribution is -0.118. The van der Waals surface area contributed by atoms with Gasteiger partial charge in [0.1, 0.15) is 5.92 Å². The van der Waals surface area contributed by atoms with E-state index in [0.717, 1.165) is 5.69 Å². The minimum Gasteiger partial charge on any atom is -0.271 e. The van der Waals surface area contributed by atoms with E-state index in [9.17, 15) is 9.59 Å². The van der Waals surface area contributed by atoms with E-state index >= 15 is 0 Å². The van der Waals surface area contributed by atoms with Crippen LogP contribution in [0.4, 0.5) is 5.69 Å². The number of anilines is 1. The quantitative estimate of drug-likeness (QED) is 0.686. The molecule has 7 heteroatoms. The van der Waals surface area contributed by atoms with Crippen molar-refractivity contribution in [2.75, 3.05) is 5.01 Å².